The van der Waals surface area contributed by atoms with E-state index in [1.54, 1.807) is 17.7 Å². The number of nitrogens with zero attached hydrogens (tertiary/aromatic N) is 1. The van der Waals surface area contributed by atoms with Crippen LogP contribution < -0.4 is 0 Å². The molecule has 0 fully saturated rings. The fourth-order valence-electron chi connectivity index (χ4n) is 3.45. The third kappa shape index (κ3) is 3.05. The van der Waals surface area contributed by atoms with Gasteiger partial charge in [-0.15, -0.1) is 0 Å². The molecule has 2 aromatic carbocycles. The summed E-state index contributed by atoms with van der Waals surface area (Å²) in [6.45, 7) is 1.51. The van der Waals surface area contributed by atoms with Crippen molar-refractivity contribution in [3.63, 3.8) is 0 Å². The summed E-state index contributed by atoms with van der Waals surface area (Å²) in [7, 11) is 1.73. The van der Waals surface area contributed by atoms with Gasteiger partial charge in [0, 0.05) is 40.9 Å². The highest BCUT2D eigenvalue weighted by molar-refractivity contribution is 6.31. The van der Waals surface area contributed by atoms with Gasteiger partial charge >= 0.3 is 5.97 Å². The second-order valence-corrected chi connectivity index (χ2v) is 6.53. The van der Waals surface area contributed by atoms with Gasteiger partial charge in [0.2, 0.25) is 0 Å². The second-order valence-electron chi connectivity index (χ2n) is 6.12. The predicted molar refractivity (Wildman–Crippen MR) is 98.5 cm³/mol. The first-order valence-corrected chi connectivity index (χ1v) is 8.34. The molecule has 1 N–H and O–H groups in total. The highest BCUT2D eigenvalue weighted by atomic mass is 35.5. The topological polar surface area (TPSA) is 59.3 Å². The number of hydrogen-bond donors (Lipinski definition) is 1. The monoisotopic (exact) mass is 355 g/mol. The Bertz CT molecular complexity index is 974. The summed E-state index contributed by atoms with van der Waals surface area (Å²) in [6, 6.07) is 14.8. The molecule has 0 radical (unpaired) electrons. The zero-order valence-electron chi connectivity index (χ0n) is 14.0. The zero-order valence-corrected chi connectivity index (χ0v) is 14.7. The highest BCUT2D eigenvalue weighted by Crippen LogP contribution is 2.40. The molecule has 3 rings (SSSR count). The number of fused-ring (bicyclic) bond motifs is 1. The number of aromatic carboxylic acids is 1. The molecule has 0 saturated carbocycles. The van der Waals surface area contributed by atoms with Crippen molar-refractivity contribution in [1.29, 1.82) is 0 Å². The van der Waals surface area contributed by atoms with Crippen LogP contribution in [0.15, 0.2) is 48.5 Å². The van der Waals surface area contributed by atoms with E-state index in [0.29, 0.717) is 10.6 Å². The number of carbonyl (C=O) groups is 2. The minimum atomic E-state index is -1.02. The van der Waals surface area contributed by atoms with Crippen LogP contribution in [0.25, 0.3) is 10.9 Å². The predicted octanol–water partition coefficient (Wildman–Crippen LogP) is 4.64. The van der Waals surface area contributed by atoms with Gasteiger partial charge in [0.05, 0.1) is 0 Å². The number of ketones is 1. The van der Waals surface area contributed by atoms with Gasteiger partial charge in [0.1, 0.15) is 11.5 Å². The molecular formula is C20H18ClNO3. The van der Waals surface area contributed by atoms with Crippen molar-refractivity contribution in [3.8, 4) is 0 Å². The first-order chi connectivity index (χ1) is 11.9. The average molecular weight is 356 g/mol. The van der Waals surface area contributed by atoms with Gasteiger partial charge in [0.25, 0.3) is 0 Å². The number of benzene rings is 2. The van der Waals surface area contributed by atoms with Crippen LogP contribution >= 0.6 is 11.6 Å². The Balaban J connectivity index is 2.37. The molecule has 1 unspecified atom stereocenters. The van der Waals surface area contributed by atoms with Crippen LogP contribution in [0.2, 0.25) is 5.02 Å². The number of hydrogen-bond acceptors (Lipinski definition) is 2. The summed E-state index contributed by atoms with van der Waals surface area (Å²) in [5.74, 6) is -1.45. The van der Waals surface area contributed by atoms with Crippen molar-refractivity contribution in [3.05, 3.63) is 70.4 Å². The molecule has 5 heteroatoms. The molecule has 0 bridgehead atoms. The number of carboxylic acids is 1. The first kappa shape index (κ1) is 17.2. The normalized spacial score (nSPS) is 12.3. The van der Waals surface area contributed by atoms with E-state index in [-0.39, 0.29) is 17.9 Å². The van der Waals surface area contributed by atoms with Gasteiger partial charge in [-0.05, 0) is 24.6 Å². The van der Waals surface area contributed by atoms with E-state index in [1.807, 2.05) is 42.5 Å². The molecule has 4 nitrogen and oxygen atoms in total. The molecular weight excluding hydrogens is 338 g/mol. The number of para-hydroxylation sites is 1. The number of carboxylic acid groups (broad SMARTS) is 1. The number of Topliss-reactive ketones (excluding diaryl/α,β-unsaturated/α-hetero) is 1. The van der Waals surface area contributed by atoms with E-state index < -0.39 is 11.9 Å². The Hall–Kier alpha value is -2.59. The van der Waals surface area contributed by atoms with Gasteiger partial charge in [0.15, 0.2) is 0 Å². The number of rotatable bonds is 5. The number of carbonyl (C=O) groups excluding carboxylic acids is 1. The SMILES string of the molecule is CC(=O)CC(c1ccccc1Cl)c1c(C(=O)O)n(C)c2ccccc12. The summed E-state index contributed by atoms with van der Waals surface area (Å²) in [5, 5.41) is 11.2. The summed E-state index contributed by atoms with van der Waals surface area (Å²) in [4.78, 5) is 23.9. The van der Waals surface area contributed by atoms with E-state index >= 15 is 0 Å². The Kier molecular flexibility index (Phi) is 4.64. The van der Waals surface area contributed by atoms with Crippen LogP contribution in [0.5, 0.6) is 0 Å². The lowest BCUT2D eigenvalue weighted by atomic mass is 9.85. The second kappa shape index (κ2) is 6.73. The fourth-order valence-corrected chi connectivity index (χ4v) is 3.71. The van der Waals surface area contributed by atoms with Crippen molar-refractivity contribution in [2.75, 3.05) is 0 Å². The van der Waals surface area contributed by atoms with Crippen molar-refractivity contribution in [2.24, 2.45) is 7.05 Å². The van der Waals surface area contributed by atoms with Gasteiger partial charge in [-0.2, -0.15) is 0 Å². The van der Waals surface area contributed by atoms with E-state index in [9.17, 15) is 14.7 Å². The van der Waals surface area contributed by atoms with E-state index in [4.69, 9.17) is 11.6 Å². The quantitative estimate of drug-likeness (QED) is 0.725. The molecule has 128 valence electrons. The molecule has 0 aliphatic carbocycles. The zero-order chi connectivity index (χ0) is 18.1. The lowest BCUT2D eigenvalue weighted by Gasteiger charge is -2.19. The highest BCUT2D eigenvalue weighted by Gasteiger charge is 2.29. The molecule has 0 aliphatic heterocycles. The summed E-state index contributed by atoms with van der Waals surface area (Å²) >= 11 is 6.38. The molecule has 0 saturated heterocycles. The molecule has 0 amide bonds. The van der Waals surface area contributed by atoms with Crippen LogP contribution in [0, 0.1) is 0 Å². The van der Waals surface area contributed by atoms with Gasteiger partial charge in [-0.25, -0.2) is 4.79 Å². The number of aryl methyl sites for hydroxylation is 1. The number of aromatic nitrogens is 1. The smallest absolute Gasteiger partial charge is 0.352 e. The molecule has 25 heavy (non-hydrogen) atoms. The third-order valence-electron chi connectivity index (χ3n) is 4.47. The molecule has 1 atom stereocenters. The third-order valence-corrected chi connectivity index (χ3v) is 4.81. The lowest BCUT2D eigenvalue weighted by Crippen LogP contribution is -2.13. The average Bonchev–Trinajstić information content (AvgIpc) is 2.86. The van der Waals surface area contributed by atoms with Gasteiger partial charge < -0.3 is 9.67 Å². The standard InChI is InChI=1S/C20H18ClNO3/c1-12(23)11-15(13-7-3-5-9-16(13)21)18-14-8-4-6-10-17(14)22(2)19(18)20(24)25/h3-10,15H,11H2,1-2H3,(H,24,25). The van der Waals surface area contributed by atoms with Crippen LogP contribution in [0.3, 0.4) is 0 Å². The van der Waals surface area contributed by atoms with Crippen molar-refractivity contribution < 1.29 is 14.7 Å². The molecule has 1 heterocycles. The maximum Gasteiger partial charge on any atom is 0.352 e. The summed E-state index contributed by atoms with van der Waals surface area (Å²) in [6.07, 6.45) is 0.192. The van der Waals surface area contributed by atoms with E-state index in [0.717, 1.165) is 16.5 Å². The largest absolute Gasteiger partial charge is 0.477 e. The van der Waals surface area contributed by atoms with Gasteiger partial charge in [-0.3, -0.25) is 4.79 Å². The van der Waals surface area contributed by atoms with Crippen LogP contribution in [0.4, 0.5) is 0 Å². The Morgan fingerprint density at radius 3 is 2.40 bits per heavy atom. The fraction of sp³-hybridized carbons (Fsp3) is 0.200. The van der Waals surface area contributed by atoms with Crippen LogP contribution in [-0.2, 0) is 11.8 Å². The van der Waals surface area contributed by atoms with Crippen molar-refractivity contribution >= 4 is 34.3 Å². The number of halogens is 1. The Morgan fingerprint density at radius 1 is 1.12 bits per heavy atom. The van der Waals surface area contributed by atoms with Crippen molar-refractivity contribution in [1.82, 2.24) is 4.57 Å². The molecule has 1 aromatic heterocycles. The minimum absolute atomic E-state index is 0.0193. The van der Waals surface area contributed by atoms with Crippen molar-refractivity contribution in [2.45, 2.75) is 19.3 Å². The lowest BCUT2D eigenvalue weighted by molar-refractivity contribution is -0.117. The Labute approximate surface area is 150 Å². The van der Waals surface area contributed by atoms with E-state index in [1.165, 1.54) is 6.92 Å². The summed E-state index contributed by atoms with van der Waals surface area (Å²) < 4.78 is 1.66. The van der Waals surface area contributed by atoms with Crippen LogP contribution in [-0.4, -0.2) is 21.4 Å². The van der Waals surface area contributed by atoms with Gasteiger partial charge in [-0.1, -0.05) is 48.0 Å². The van der Waals surface area contributed by atoms with Crippen LogP contribution in [0.1, 0.15) is 40.9 Å². The minimum Gasteiger partial charge on any atom is -0.477 e. The summed E-state index contributed by atoms with van der Waals surface area (Å²) in [5.41, 5.74) is 2.40. The maximum absolute atomic E-state index is 12.0. The maximum atomic E-state index is 12.0. The first-order valence-electron chi connectivity index (χ1n) is 7.96. The molecule has 3 aromatic rings. The van der Waals surface area contributed by atoms with E-state index in [2.05, 4.69) is 0 Å². The molecule has 0 spiro atoms. The molecule has 0 aliphatic rings. The Morgan fingerprint density at radius 2 is 1.76 bits per heavy atom.